The molecule has 2 bridgehead atoms. The number of morpholine rings is 1. The monoisotopic (exact) mass is 382 g/mol. The molecular formula is C20H22N4O2S. The zero-order valence-electron chi connectivity index (χ0n) is 15.2. The highest BCUT2D eigenvalue weighted by atomic mass is 32.1. The third kappa shape index (κ3) is 2.96. The van der Waals surface area contributed by atoms with Gasteiger partial charge in [0.15, 0.2) is 5.82 Å². The first-order valence-electron chi connectivity index (χ1n) is 9.32. The fraction of sp³-hybridized carbons (Fsp3) is 0.400. The van der Waals surface area contributed by atoms with Gasteiger partial charge in [-0.2, -0.15) is 4.37 Å². The molecule has 7 heteroatoms. The van der Waals surface area contributed by atoms with Crippen molar-refractivity contribution in [2.45, 2.75) is 31.0 Å². The van der Waals surface area contributed by atoms with Crippen LogP contribution in [0.2, 0.25) is 0 Å². The Morgan fingerprint density at radius 3 is 2.74 bits per heavy atom. The van der Waals surface area contributed by atoms with Gasteiger partial charge in [0.05, 0.1) is 24.3 Å². The van der Waals surface area contributed by atoms with Gasteiger partial charge in [0, 0.05) is 35.1 Å². The summed E-state index contributed by atoms with van der Waals surface area (Å²) in [6.07, 6.45) is 3.78. The summed E-state index contributed by atoms with van der Waals surface area (Å²) in [6, 6.07) is 10.9. The molecule has 2 aromatic heterocycles. The number of amides is 1. The van der Waals surface area contributed by atoms with Crippen LogP contribution in [0.5, 0.6) is 0 Å². The molecule has 0 radical (unpaired) electrons. The molecule has 0 spiro atoms. The molecular weight excluding hydrogens is 360 g/mol. The van der Waals surface area contributed by atoms with Gasteiger partial charge < -0.3 is 10.1 Å². The largest absolute Gasteiger partial charge is 0.378 e. The number of ether oxygens (including phenoxy) is 1. The summed E-state index contributed by atoms with van der Waals surface area (Å²) < 4.78 is 12.1. The topological polar surface area (TPSA) is 59.4 Å². The predicted molar refractivity (Wildman–Crippen MR) is 106 cm³/mol. The first kappa shape index (κ1) is 16.9. The van der Waals surface area contributed by atoms with Crippen molar-refractivity contribution in [2.75, 3.05) is 20.3 Å². The second-order valence-electron chi connectivity index (χ2n) is 7.44. The molecule has 140 valence electrons. The molecule has 2 atom stereocenters. The molecule has 4 heterocycles. The van der Waals surface area contributed by atoms with E-state index in [0.717, 1.165) is 42.8 Å². The van der Waals surface area contributed by atoms with Gasteiger partial charge in [-0.15, -0.1) is 0 Å². The number of piperidine rings is 1. The molecule has 0 saturated carbocycles. The second-order valence-corrected chi connectivity index (χ2v) is 8.11. The Hall–Kier alpha value is -2.22. The van der Waals surface area contributed by atoms with Crippen molar-refractivity contribution in [3.05, 3.63) is 47.5 Å². The third-order valence-corrected chi connectivity index (χ3v) is 6.40. The van der Waals surface area contributed by atoms with Gasteiger partial charge in [0.25, 0.3) is 5.91 Å². The lowest BCUT2D eigenvalue weighted by molar-refractivity contribution is -0.0670. The molecule has 5 rings (SSSR count). The lowest BCUT2D eigenvalue weighted by Crippen LogP contribution is -2.59. The number of nitrogens with zero attached hydrogens (tertiary/aromatic N) is 3. The number of carbonyl (C=O) groups excluding carboxylic acids is 1. The van der Waals surface area contributed by atoms with Crippen LogP contribution in [0.3, 0.4) is 0 Å². The number of hydrogen-bond donors (Lipinski definition) is 1. The minimum atomic E-state index is -0.00581. The number of hydrogen-bond acceptors (Lipinski definition) is 5. The summed E-state index contributed by atoms with van der Waals surface area (Å²) in [5.74, 6) is 0.843. The smallest absolute Gasteiger partial charge is 0.253 e. The summed E-state index contributed by atoms with van der Waals surface area (Å²) in [6.45, 7) is 1.50. The molecule has 2 aliphatic heterocycles. The fourth-order valence-corrected chi connectivity index (χ4v) is 4.86. The average molecular weight is 382 g/mol. The molecule has 1 N–H and O–H groups in total. The molecule has 27 heavy (non-hydrogen) atoms. The minimum absolute atomic E-state index is 0.00581. The van der Waals surface area contributed by atoms with Crippen molar-refractivity contribution in [1.82, 2.24) is 19.2 Å². The molecule has 2 unspecified atom stereocenters. The lowest BCUT2D eigenvalue weighted by Gasteiger charge is -2.46. The molecule has 3 aromatic rings. The number of nitrogens with one attached hydrogen (secondary N) is 1. The quantitative estimate of drug-likeness (QED) is 0.757. The third-order valence-electron chi connectivity index (χ3n) is 5.85. The Labute approximate surface area is 161 Å². The maximum atomic E-state index is 13.1. The number of likely N-dealkylation sites (N-methyl/N-ethyl adjacent to an activating group) is 1. The van der Waals surface area contributed by atoms with E-state index in [9.17, 15) is 4.79 Å². The van der Waals surface area contributed by atoms with E-state index in [-0.39, 0.29) is 11.9 Å². The highest BCUT2D eigenvalue weighted by molar-refractivity contribution is 7.03. The zero-order chi connectivity index (χ0) is 18.4. The van der Waals surface area contributed by atoms with Crippen LogP contribution in [0.4, 0.5) is 0 Å². The van der Waals surface area contributed by atoms with Gasteiger partial charge >= 0.3 is 0 Å². The number of rotatable bonds is 3. The fourth-order valence-electron chi connectivity index (χ4n) is 4.36. The SMILES string of the molecule is CN1C2COCC1CC(NC(=O)c1cn(-c3ccsn3)c3ccccc13)C2. The Bertz CT molecular complexity index is 954. The molecule has 2 fully saturated rings. The van der Waals surface area contributed by atoms with Gasteiger partial charge in [0.1, 0.15) is 0 Å². The highest BCUT2D eigenvalue weighted by Crippen LogP contribution is 2.28. The molecule has 2 aliphatic rings. The zero-order valence-corrected chi connectivity index (χ0v) is 16.0. The van der Waals surface area contributed by atoms with Crippen molar-refractivity contribution in [3.8, 4) is 5.82 Å². The van der Waals surface area contributed by atoms with Crippen molar-refractivity contribution in [1.29, 1.82) is 0 Å². The van der Waals surface area contributed by atoms with Gasteiger partial charge in [-0.05, 0) is 43.6 Å². The first-order valence-corrected chi connectivity index (χ1v) is 10.2. The summed E-state index contributed by atoms with van der Waals surface area (Å²) in [7, 11) is 2.16. The van der Waals surface area contributed by atoms with Crippen LogP contribution in [-0.2, 0) is 4.74 Å². The number of para-hydroxylation sites is 1. The van der Waals surface area contributed by atoms with E-state index in [0.29, 0.717) is 17.6 Å². The molecule has 6 nitrogen and oxygen atoms in total. The van der Waals surface area contributed by atoms with E-state index in [1.165, 1.54) is 11.5 Å². The number of benzene rings is 1. The maximum Gasteiger partial charge on any atom is 0.253 e. The van der Waals surface area contributed by atoms with E-state index < -0.39 is 0 Å². The van der Waals surface area contributed by atoms with E-state index >= 15 is 0 Å². The molecule has 1 amide bonds. The summed E-state index contributed by atoms with van der Waals surface area (Å²) in [5, 5.41) is 6.19. The summed E-state index contributed by atoms with van der Waals surface area (Å²) in [4.78, 5) is 15.5. The van der Waals surface area contributed by atoms with E-state index in [4.69, 9.17) is 4.74 Å². The van der Waals surface area contributed by atoms with Crippen LogP contribution in [0.25, 0.3) is 16.7 Å². The lowest BCUT2D eigenvalue weighted by atomic mass is 9.90. The van der Waals surface area contributed by atoms with E-state index in [2.05, 4.69) is 21.6 Å². The normalized spacial score (nSPS) is 25.6. The van der Waals surface area contributed by atoms with Crippen LogP contribution in [-0.4, -0.2) is 58.1 Å². The van der Waals surface area contributed by atoms with Crippen LogP contribution in [0.1, 0.15) is 23.2 Å². The molecule has 2 saturated heterocycles. The maximum absolute atomic E-state index is 13.1. The van der Waals surface area contributed by atoms with Crippen LogP contribution >= 0.6 is 11.5 Å². The second kappa shape index (κ2) is 6.74. The van der Waals surface area contributed by atoms with Gasteiger partial charge in [-0.25, -0.2) is 0 Å². The first-order chi connectivity index (χ1) is 13.2. The van der Waals surface area contributed by atoms with Crippen molar-refractivity contribution in [2.24, 2.45) is 0 Å². The van der Waals surface area contributed by atoms with Crippen molar-refractivity contribution in [3.63, 3.8) is 0 Å². The Kier molecular flexibility index (Phi) is 4.22. The van der Waals surface area contributed by atoms with Gasteiger partial charge in [-0.1, -0.05) is 18.2 Å². The van der Waals surface area contributed by atoms with Crippen LogP contribution in [0.15, 0.2) is 41.9 Å². The predicted octanol–water partition coefficient (Wildman–Crippen LogP) is 2.68. The van der Waals surface area contributed by atoms with Crippen LogP contribution < -0.4 is 5.32 Å². The van der Waals surface area contributed by atoms with Crippen molar-refractivity contribution < 1.29 is 9.53 Å². The Morgan fingerprint density at radius 2 is 2.00 bits per heavy atom. The average Bonchev–Trinajstić information content (AvgIpc) is 3.30. The summed E-state index contributed by atoms with van der Waals surface area (Å²) >= 11 is 1.41. The van der Waals surface area contributed by atoms with E-state index in [1.807, 2.05) is 46.5 Å². The highest BCUT2D eigenvalue weighted by Gasteiger charge is 2.37. The number of aromatic nitrogens is 2. The molecule has 0 aliphatic carbocycles. The number of carbonyl (C=O) groups is 1. The van der Waals surface area contributed by atoms with Gasteiger partial charge in [-0.3, -0.25) is 14.3 Å². The standard InChI is InChI=1S/C20H22N4O2S/c1-23-14-8-13(9-15(23)12-26-11-14)21-20(25)17-10-24(19-6-7-27-22-19)18-5-3-2-4-16(17)18/h2-7,10,13-15H,8-9,11-12H2,1H3,(H,21,25). The Morgan fingerprint density at radius 1 is 1.22 bits per heavy atom. The summed E-state index contributed by atoms with van der Waals surface area (Å²) in [5.41, 5.74) is 1.71. The van der Waals surface area contributed by atoms with Gasteiger partial charge in [0.2, 0.25) is 0 Å². The minimum Gasteiger partial charge on any atom is -0.378 e. The van der Waals surface area contributed by atoms with Crippen LogP contribution in [0, 0.1) is 0 Å². The van der Waals surface area contributed by atoms with E-state index in [1.54, 1.807) is 0 Å². The number of fused-ring (bicyclic) bond motifs is 3. The molecule has 1 aromatic carbocycles. The Balaban J connectivity index is 1.43. The van der Waals surface area contributed by atoms with Crippen molar-refractivity contribution >= 4 is 28.3 Å².